The monoisotopic (exact) mass is 364 g/mol. The fraction of sp³-hybridized carbons (Fsp3) is 0.632. The Labute approximate surface area is 151 Å². The van der Waals surface area contributed by atoms with Crippen LogP contribution in [0.3, 0.4) is 0 Å². The lowest BCUT2D eigenvalue weighted by Gasteiger charge is -2.32. The van der Waals surface area contributed by atoms with E-state index in [2.05, 4.69) is 0 Å². The Bertz CT molecular complexity index is 744. The van der Waals surface area contributed by atoms with Crippen LogP contribution in [-0.4, -0.2) is 49.2 Å². The molecule has 2 aliphatic rings. The zero-order chi connectivity index (χ0) is 18.2. The molecule has 1 atom stereocenters. The molecule has 2 aliphatic heterocycles. The predicted molar refractivity (Wildman–Crippen MR) is 98.0 cm³/mol. The fourth-order valence-corrected chi connectivity index (χ4v) is 6.36. The number of rotatable bonds is 3. The second kappa shape index (κ2) is 7.08. The van der Waals surface area contributed by atoms with Crippen LogP contribution in [0.5, 0.6) is 0 Å². The molecule has 1 unspecified atom stereocenters. The summed E-state index contributed by atoms with van der Waals surface area (Å²) < 4.78 is 28.1. The molecule has 0 spiro atoms. The smallest absolute Gasteiger partial charge is 0.244 e. The number of likely N-dealkylation sites (tertiary alicyclic amines) is 1. The van der Waals surface area contributed by atoms with Crippen LogP contribution in [-0.2, 0) is 14.8 Å². The number of hydrogen-bond donors (Lipinski definition) is 0. The molecule has 5 nitrogen and oxygen atoms in total. The van der Waals surface area contributed by atoms with Gasteiger partial charge in [0.15, 0.2) is 0 Å². The van der Waals surface area contributed by atoms with Crippen molar-refractivity contribution in [3.05, 3.63) is 28.8 Å². The van der Waals surface area contributed by atoms with Gasteiger partial charge >= 0.3 is 0 Å². The average Bonchev–Trinajstić information content (AvgIpc) is 3.04. The third kappa shape index (κ3) is 3.47. The Morgan fingerprint density at radius 3 is 2.16 bits per heavy atom. The van der Waals surface area contributed by atoms with Gasteiger partial charge in [-0.15, -0.1) is 0 Å². The molecule has 2 saturated heterocycles. The lowest BCUT2D eigenvalue weighted by Crippen LogP contribution is -2.49. The summed E-state index contributed by atoms with van der Waals surface area (Å²) in [5.74, 6) is -0.0109. The van der Waals surface area contributed by atoms with Gasteiger partial charge in [0.25, 0.3) is 0 Å². The zero-order valence-electron chi connectivity index (χ0n) is 15.4. The van der Waals surface area contributed by atoms with Crippen LogP contribution in [0.2, 0.25) is 0 Å². The van der Waals surface area contributed by atoms with Crippen molar-refractivity contribution < 1.29 is 13.2 Å². The second-order valence-corrected chi connectivity index (χ2v) is 9.21. The first-order valence-corrected chi connectivity index (χ1v) is 10.6. The van der Waals surface area contributed by atoms with Crippen LogP contribution in [0.15, 0.2) is 17.0 Å². The summed E-state index contributed by atoms with van der Waals surface area (Å²) in [5, 5.41) is 0. The van der Waals surface area contributed by atoms with Crippen LogP contribution in [0.4, 0.5) is 0 Å². The maximum atomic E-state index is 13.3. The first-order chi connectivity index (χ1) is 11.8. The Morgan fingerprint density at radius 1 is 0.960 bits per heavy atom. The number of nitrogens with zero attached hydrogens (tertiary/aromatic N) is 2. The summed E-state index contributed by atoms with van der Waals surface area (Å²) in [6, 6.07) is 3.26. The first-order valence-electron chi connectivity index (χ1n) is 9.21. The van der Waals surface area contributed by atoms with Gasteiger partial charge in [0.2, 0.25) is 15.9 Å². The quantitative estimate of drug-likeness (QED) is 0.829. The highest BCUT2D eigenvalue weighted by atomic mass is 32.2. The van der Waals surface area contributed by atoms with Crippen LogP contribution in [0.1, 0.15) is 48.8 Å². The minimum absolute atomic E-state index is 0.0109. The number of hydrogen-bond acceptors (Lipinski definition) is 3. The van der Waals surface area contributed by atoms with E-state index in [9.17, 15) is 13.2 Å². The number of carbonyl (C=O) groups is 1. The Balaban J connectivity index is 1.92. The van der Waals surface area contributed by atoms with E-state index < -0.39 is 16.1 Å². The molecule has 1 aromatic carbocycles. The molecule has 1 amide bonds. The van der Waals surface area contributed by atoms with Crippen LogP contribution in [0.25, 0.3) is 0 Å². The van der Waals surface area contributed by atoms with Gasteiger partial charge in [-0.2, -0.15) is 4.31 Å². The van der Waals surface area contributed by atoms with E-state index >= 15 is 0 Å². The Morgan fingerprint density at radius 2 is 1.56 bits per heavy atom. The highest BCUT2D eigenvalue weighted by Gasteiger charge is 2.42. The fourth-order valence-electron chi connectivity index (χ4n) is 4.29. The van der Waals surface area contributed by atoms with Crippen molar-refractivity contribution in [3.8, 4) is 0 Å². The normalized spacial score (nSPS) is 22.4. The van der Waals surface area contributed by atoms with E-state index in [1.165, 1.54) is 4.31 Å². The number of aryl methyl sites for hydroxylation is 3. The predicted octanol–water partition coefficient (Wildman–Crippen LogP) is 2.78. The van der Waals surface area contributed by atoms with Gasteiger partial charge in [0.05, 0.1) is 4.90 Å². The standard InChI is InChI=1S/C19H28N2O3S/c1-14-12-15(2)18(16(3)13-14)25(23,24)21-11-7-8-17(21)19(22)20-9-5-4-6-10-20/h12-13,17H,4-11H2,1-3H3. The van der Waals surface area contributed by atoms with E-state index in [1.54, 1.807) is 0 Å². The third-order valence-electron chi connectivity index (χ3n) is 5.33. The third-order valence-corrected chi connectivity index (χ3v) is 7.54. The summed E-state index contributed by atoms with van der Waals surface area (Å²) >= 11 is 0. The van der Waals surface area contributed by atoms with E-state index in [4.69, 9.17) is 0 Å². The Kier molecular flexibility index (Phi) is 5.21. The van der Waals surface area contributed by atoms with Crippen molar-refractivity contribution in [1.82, 2.24) is 9.21 Å². The molecular formula is C19H28N2O3S. The molecule has 0 radical (unpaired) electrons. The highest BCUT2D eigenvalue weighted by Crippen LogP contribution is 2.31. The molecule has 25 heavy (non-hydrogen) atoms. The zero-order valence-corrected chi connectivity index (χ0v) is 16.2. The van der Waals surface area contributed by atoms with Crippen LogP contribution >= 0.6 is 0 Å². The van der Waals surface area contributed by atoms with E-state index in [1.807, 2.05) is 37.8 Å². The molecule has 0 aliphatic carbocycles. The molecular weight excluding hydrogens is 336 g/mol. The molecule has 2 fully saturated rings. The van der Waals surface area contributed by atoms with Crippen LogP contribution < -0.4 is 0 Å². The molecule has 6 heteroatoms. The van der Waals surface area contributed by atoms with Crippen molar-refractivity contribution in [1.29, 1.82) is 0 Å². The minimum atomic E-state index is -3.66. The molecule has 0 aromatic heterocycles. The van der Waals surface area contributed by atoms with Gasteiger partial charge in [-0.05, 0) is 64.0 Å². The molecule has 1 aromatic rings. The van der Waals surface area contributed by atoms with Crippen molar-refractivity contribution >= 4 is 15.9 Å². The lowest BCUT2D eigenvalue weighted by molar-refractivity contribution is -0.135. The summed E-state index contributed by atoms with van der Waals surface area (Å²) in [6.07, 6.45) is 4.55. The number of carbonyl (C=O) groups excluding carboxylic acids is 1. The topological polar surface area (TPSA) is 57.7 Å². The van der Waals surface area contributed by atoms with Gasteiger partial charge in [-0.3, -0.25) is 4.79 Å². The van der Waals surface area contributed by atoms with Crippen molar-refractivity contribution in [2.24, 2.45) is 0 Å². The minimum Gasteiger partial charge on any atom is -0.341 e. The van der Waals surface area contributed by atoms with Crippen LogP contribution in [0, 0.1) is 20.8 Å². The maximum Gasteiger partial charge on any atom is 0.244 e. The van der Waals surface area contributed by atoms with Gasteiger partial charge in [0.1, 0.15) is 6.04 Å². The summed E-state index contributed by atoms with van der Waals surface area (Å²) in [7, 11) is -3.66. The second-order valence-electron chi connectivity index (χ2n) is 7.39. The molecule has 138 valence electrons. The molecule has 0 saturated carbocycles. The summed E-state index contributed by atoms with van der Waals surface area (Å²) in [5.41, 5.74) is 2.57. The van der Waals surface area contributed by atoms with Crippen molar-refractivity contribution in [3.63, 3.8) is 0 Å². The molecule has 2 heterocycles. The van der Waals surface area contributed by atoms with E-state index in [0.717, 1.165) is 55.5 Å². The summed E-state index contributed by atoms with van der Waals surface area (Å²) in [6.45, 7) is 7.58. The molecule has 0 bridgehead atoms. The van der Waals surface area contributed by atoms with Crippen molar-refractivity contribution in [2.75, 3.05) is 19.6 Å². The maximum absolute atomic E-state index is 13.3. The lowest BCUT2D eigenvalue weighted by atomic mass is 10.1. The van der Waals surface area contributed by atoms with E-state index in [-0.39, 0.29) is 5.91 Å². The van der Waals surface area contributed by atoms with Crippen molar-refractivity contribution in [2.45, 2.75) is 63.8 Å². The molecule has 3 rings (SSSR count). The van der Waals surface area contributed by atoms with Gasteiger partial charge in [-0.25, -0.2) is 8.42 Å². The average molecular weight is 365 g/mol. The van der Waals surface area contributed by atoms with Gasteiger partial charge in [-0.1, -0.05) is 17.7 Å². The number of amides is 1. The van der Waals surface area contributed by atoms with Gasteiger partial charge < -0.3 is 4.90 Å². The Hall–Kier alpha value is -1.40. The number of sulfonamides is 1. The molecule has 0 N–H and O–H groups in total. The van der Waals surface area contributed by atoms with Gasteiger partial charge in [0, 0.05) is 19.6 Å². The largest absolute Gasteiger partial charge is 0.341 e. The summed E-state index contributed by atoms with van der Waals surface area (Å²) in [4.78, 5) is 15.2. The number of piperidine rings is 1. The number of benzene rings is 1. The SMILES string of the molecule is Cc1cc(C)c(S(=O)(=O)N2CCCC2C(=O)N2CCCCC2)c(C)c1. The van der Waals surface area contributed by atoms with E-state index in [0.29, 0.717) is 17.9 Å². The first kappa shape index (κ1) is 18.4. The highest BCUT2D eigenvalue weighted by molar-refractivity contribution is 7.89.